The quantitative estimate of drug-likeness (QED) is 0.836. The summed E-state index contributed by atoms with van der Waals surface area (Å²) in [5.41, 5.74) is 13.9. The fourth-order valence-electron chi connectivity index (χ4n) is 3.49. The number of nitrogens with two attached hydrogens (primary N) is 2. The van der Waals surface area contributed by atoms with Gasteiger partial charge >= 0.3 is 0 Å². The van der Waals surface area contributed by atoms with Crippen LogP contribution >= 0.6 is 0 Å². The predicted octanol–water partition coefficient (Wildman–Crippen LogP) is 2.55. The molecule has 118 valence electrons. The Kier molecular flexibility index (Phi) is 3.54. The Balaban J connectivity index is 2.14. The summed E-state index contributed by atoms with van der Waals surface area (Å²) in [5, 5.41) is 0. The van der Waals surface area contributed by atoms with Crippen LogP contribution in [0.3, 0.4) is 0 Å². The van der Waals surface area contributed by atoms with Gasteiger partial charge in [-0.2, -0.15) is 4.99 Å². The zero-order chi connectivity index (χ0) is 15.9. The Morgan fingerprint density at radius 2 is 1.77 bits per heavy atom. The number of hydrogen-bond donors (Lipinski definition) is 2. The normalized spacial score (nSPS) is 20.8. The molecule has 0 unspecified atom stereocenters. The lowest BCUT2D eigenvalue weighted by Gasteiger charge is -2.46. The van der Waals surface area contributed by atoms with Crippen molar-refractivity contribution >= 4 is 17.6 Å². The minimum absolute atomic E-state index is 0.213. The SMILES string of the molecule is Cc1c(F)ccc(N2C(N)=NC(N)=NC23CCCCC3)c1C. The lowest BCUT2D eigenvalue weighted by Crippen LogP contribution is -2.58. The highest BCUT2D eigenvalue weighted by molar-refractivity contribution is 6.06. The molecular formula is C16H22FN5. The van der Waals surface area contributed by atoms with Gasteiger partial charge in [-0.3, -0.25) is 4.90 Å². The van der Waals surface area contributed by atoms with Crippen molar-refractivity contribution in [3.05, 3.63) is 29.1 Å². The molecule has 3 rings (SSSR count). The maximum absolute atomic E-state index is 13.8. The van der Waals surface area contributed by atoms with Crippen molar-refractivity contribution < 1.29 is 4.39 Å². The second kappa shape index (κ2) is 5.26. The highest BCUT2D eigenvalue weighted by atomic mass is 19.1. The monoisotopic (exact) mass is 303 g/mol. The summed E-state index contributed by atoms with van der Waals surface area (Å²) in [7, 11) is 0. The van der Waals surface area contributed by atoms with Crippen molar-refractivity contribution in [1.29, 1.82) is 0 Å². The van der Waals surface area contributed by atoms with Gasteiger partial charge in [0.1, 0.15) is 11.5 Å². The summed E-state index contributed by atoms with van der Waals surface area (Å²) in [6.45, 7) is 3.68. The van der Waals surface area contributed by atoms with Crippen LogP contribution in [0.2, 0.25) is 0 Å². The standard InChI is InChI=1S/C16H22FN5/c1-10-11(2)13(7-6-12(10)17)22-15(19)20-14(18)21-16(22)8-4-3-5-9-16/h6-7H,3-5,8-9H2,1-2H3,(H4,18,19,20,21). The molecule has 1 aliphatic carbocycles. The van der Waals surface area contributed by atoms with E-state index in [9.17, 15) is 4.39 Å². The van der Waals surface area contributed by atoms with E-state index < -0.39 is 5.66 Å². The first-order valence-corrected chi connectivity index (χ1v) is 7.70. The molecule has 1 heterocycles. The van der Waals surface area contributed by atoms with Crippen LogP contribution in [0.5, 0.6) is 0 Å². The fourth-order valence-corrected chi connectivity index (χ4v) is 3.49. The molecule has 4 N–H and O–H groups in total. The lowest BCUT2D eigenvalue weighted by atomic mass is 9.86. The Hall–Kier alpha value is -2.11. The van der Waals surface area contributed by atoms with Crippen LogP contribution in [0.1, 0.15) is 43.2 Å². The Bertz CT molecular complexity index is 659. The third-order valence-electron chi connectivity index (χ3n) is 4.78. The van der Waals surface area contributed by atoms with Gasteiger partial charge in [-0.1, -0.05) is 6.42 Å². The van der Waals surface area contributed by atoms with Gasteiger partial charge in [0, 0.05) is 5.69 Å². The Morgan fingerprint density at radius 1 is 1.09 bits per heavy atom. The lowest BCUT2D eigenvalue weighted by molar-refractivity contribution is 0.305. The summed E-state index contributed by atoms with van der Waals surface area (Å²) in [4.78, 5) is 10.7. The number of aliphatic imine (C=N–C) groups is 2. The van der Waals surface area contributed by atoms with Gasteiger partial charge in [0.2, 0.25) is 11.9 Å². The minimum Gasteiger partial charge on any atom is -0.369 e. The number of halogens is 1. The van der Waals surface area contributed by atoms with E-state index in [2.05, 4.69) is 9.98 Å². The van der Waals surface area contributed by atoms with Crippen molar-refractivity contribution in [2.24, 2.45) is 21.5 Å². The summed E-state index contributed by atoms with van der Waals surface area (Å²) in [5.74, 6) is 0.352. The van der Waals surface area contributed by atoms with Crippen LogP contribution < -0.4 is 16.4 Å². The largest absolute Gasteiger partial charge is 0.369 e. The average molecular weight is 303 g/mol. The zero-order valence-corrected chi connectivity index (χ0v) is 13.1. The van der Waals surface area contributed by atoms with Crippen LogP contribution in [0, 0.1) is 19.7 Å². The Morgan fingerprint density at radius 3 is 2.45 bits per heavy atom. The molecule has 0 bridgehead atoms. The van der Waals surface area contributed by atoms with Crippen molar-refractivity contribution in [3.63, 3.8) is 0 Å². The van der Waals surface area contributed by atoms with Gasteiger partial charge in [0.25, 0.3) is 0 Å². The van der Waals surface area contributed by atoms with E-state index in [4.69, 9.17) is 11.5 Å². The number of benzene rings is 1. The first-order valence-electron chi connectivity index (χ1n) is 7.70. The molecule has 0 saturated heterocycles. The molecule has 6 heteroatoms. The smallest absolute Gasteiger partial charge is 0.220 e. The molecule has 0 amide bonds. The van der Waals surface area contributed by atoms with Gasteiger partial charge < -0.3 is 11.5 Å². The zero-order valence-electron chi connectivity index (χ0n) is 13.1. The highest BCUT2D eigenvalue weighted by Gasteiger charge is 2.43. The summed E-state index contributed by atoms with van der Waals surface area (Å²) < 4.78 is 13.8. The van der Waals surface area contributed by atoms with Gasteiger partial charge in [0.05, 0.1) is 0 Å². The summed E-state index contributed by atoms with van der Waals surface area (Å²) in [6, 6.07) is 3.23. The number of nitrogens with zero attached hydrogens (tertiary/aromatic N) is 3. The molecule has 1 aromatic carbocycles. The van der Waals surface area contributed by atoms with Gasteiger partial charge in [-0.05, 0) is 62.8 Å². The van der Waals surface area contributed by atoms with Gasteiger partial charge in [-0.15, -0.1) is 0 Å². The molecule has 1 aliphatic heterocycles. The maximum atomic E-state index is 13.8. The molecule has 1 saturated carbocycles. The van der Waals surface area contributed by atoms with E-state index in [1.807, 2.05) is 11.8 Å². The number of anilines is 1. The molecule has 0 radical (unpaired) electrons. The molecule has 1 fully saturated rings. The van der Waals surface area contributed by atoms with E-state index in [1.165, 1.54) is 12.5 Å². The van der Waals surface area contributed by atoms with Crippen molar-refractivity contribution in [2.75, 3.05) is 4.90 Å². The van der Waals surface area contributed by atoms with E-state index in [0.29, 0.717) is 11.5 Å². The van der Waals surface area contributed by atoms with Gasteiger partial charge in [-0.25, -0.2) is 9.38 Å². The third-order valence-corrected chi connectivity index (χ3v) is 4.78. The third kappa shape index (κ3) is 2.23. The van der Waals surface area contributed by atoms with E-state index in [1.54, 1.807) is 13.0 Å². The fraction of sp³-hybridized carbons (Fsp3) is 0.500. The molecule has 2 aliphatic rings. The van der Waals surface area contributed by atoms with Gasteiger partial charge in [0.15, 0.2) is 0 Å². The van der Waals surface area contributed by atoms with E-state index in [-0.39, 0.29) is 11.8 Å². The number of hydrogen-bond acceptors (Lipinski definition) is 5. The topological polar surface area (TPSA) is 80.0 Å². The minimum atomic E-state index is -0.483. The van der Waals surface area contributed by atoms with Crippen LogP contribution in [0.15, 0.2) is 22.1 Å². The maximum Gasteiger partial charge on any atom is 0.220 e. The van der Waals surface area contributed by atoms with E-state index >= 15 is 0 Å². The van der Waals surface area contributed by atoms with Crippen molar-refractivity contribution in [3.8, 4) is 0 Å². The first-order chi connectivity index (χ1) is 10.4. The van der Waals surface area contributed by atoms with Crippen LogP contribution in [-0.2, 0) is 0 Å². The van der Waals surface area contributed by atoms with Crippen molar-refractivity contribution in [1.82, 2.24) is 0 Å². The van der Waals surface area contributed by atoms with Crippen molar-refractivity contribution in [2.45, 2.75) is 51.6 Å². The molecule has 22 heavy (non-hydrogen) atoms. The summed E-state index contributed by atoms with van der Waals surface area (Å²) in [6.07, 6.45) is 5.07. The van der Waals surface area contributed by atoms with Crippen LogP contribution in [-0.4, -0.2) is 17.6 Å². The Labute approximate surface area is 129 Å². The van der Waals surface area contributed by atoms with E-state index in [0.717, 1.165) is 36.9 Å². The molecule has 5 nitrogen and oxygen atoms in total. The predicted molar refractivity (Wildman–Crippen MR) is 87.4 cm³/mol. The number of rotatable bonds is 1. The molecule has 1 aromatic rings. The molecule has 0 aromatic heterocycles. The molecule has 0 atom stereocenters. The second-order valence-corrected chi connectivity index (χ2v) is 6.14. The molecular weight excluding hydrogens is 281 g/mol. The average Bonchev–Trinajstić information content (AvgIpc) is 2.47. The second-order valence-electron chi connectivity index (χ2n) is 6.14. The highest BCUT2D eigenvalue weighted by Crippen LogP contribution is 2.41. The molecule has 1 spiro atoms. The first kappa shape index (κ1) is 14.8. The van der Waals surface area contributed by atoms with Crippen LogP contribution in [0.4, 0.5) is 10.1 Å². The van der Waals surface area contributed by atoms with Crippen LogP contribution in [0.25, 0.3) is 0 Å². The summed E-state index contributed by atoms with van der Waals surface area (Å²) >= 11 is 0. The number of guanidine groups is 2.